The molecule has 1 atom stereocenters. The molecule has 2 saturated carbocycles. The summed E-state index contributed by atoms with van der Waals surface area (Å²) in [5, 5.41) is 18.0. The molecule has 1 saturated heterocycles. The van der Waals surface area contributed by atoms with E-state index in [4.69, 9.17) is 5.41 Å². The van der Waals surface area contributed by atoms with Crippen molar-refractivity contribution < 1.29 is 9.59 Å². The average Bonchev–Trinajstić information content (AvgIpc) is 3.17. The van der Waals surface area contributed by atoms with Crippen molar-refractivity contribution in [2.45, 2.75) is 122 Å². The van der Waals surface area contributed by atoms with Crippen LogP contribution in [0.15, 0.2) is 24.3 Å². The fraction of sp³-hybridized carbons (Fsp3) is 0.710. The predicted octanol–water partition coefficient (Wildman–Crippen LogP) is 6.22. The molecular weight excluding hydrogens is 474 g/mol. The van der Waals surface area contributed by atoms with Crippen molar-refractivity contribution in [3.8, 4) is 0 Å². The molecule has 210 valence electrons. The minimum Gasteiger partial charge on any atom is -0.342 e. The molecular formula is C31H49N5O2. The molecule has 2 aliphatic carbocycles. The maximum absolute atomic E-state index is 14.0. The minimum atomic E-state index is -0.620. The minimum absolute atomic E-state index is 0.0957. The van der Waals surface area contributed by atoms with Gasteiger partial charge in [0, 0.05) is 13.1 Å². The second-order valence-electron chi connectivity index (χ2n) is 12.0. The summed E-state index contributed by atoms with van der Waals surface area (Å²) >= 11 is 0. The van der Waals surface area contributed by atoms with Gasteiger partial charge in [0.2, 0.25) is 0 Å². The van der Waals surface area contributed by atoms with Crippen LogP contribution in [0, 0.1) is 17.2 Å². The van der Waals surface area contributed by atoms with E-state index in [0.29, 0.717) is 25.6 Å². The summed E-state index contributed by atoms with van der Waals surface area (Å²) in [7, 11) is 0. The monoisotopic (exact) mass is 523 g/mol. The van der Waals surface area contributed by atoms with Crippen molar-refractivity contribution >= 4 is 17.9 Å². The Hall–Kier alpha value is -2.57. The highest BCUT2D eigenvalue weighted by molar-refractivity contribution is 6.07. The molecule has 0 radical (unpaired) electrons. The van der Waals surface area contributed by atoms with Crippen LogP contribution in [0.2, 0.25) is 0 Å². The van der Waals surface area contributed by atoms with E-state index in [2.05, 4.69) is 22.9 Å². The van der Waals surface area contributed by atoms with Crippen LogP contribution in [0.25, 0.3) is 0 Å². The molecule has 0 spiro atoms. The molecule has 0 aromatic heterocycles. The lowest BCUT2D eigenvalue weighted by molar-refractivity contribution is -0.132. The lowest BCUT2D eigenvalue weighted by atomic mass is 9.75. The number of nitrogens with zero attached hydrogens (tertiary/aromatic N) is 1. The molecule has 3 amide bonds. The van der Waals surface area contributed by atoms with E-state index in [-0.39, 0.29) is 17.9 Å². The van der Waals surface area contributed by atoms with Gasteiger partial charge in [-0.25, -0.2) is 4.79 Å². The molecule has 4 N–H and O–H groups in total. The summed E-state index contributed by atoms with van der Waals surface area (Å²) in [5.74, 6) is 1.65. The van der Waals surface area contributed by atoms with Crippen LogP contribution in [0.1, 0.15) is 114 Å². The zero-order valence-corrected chi connectivity index (χ0v) is 23.5. The first kappa shape index (κ1) is 28.4. The van der Waals surface area contributed by atoms with Crippen LogP contribution < -0.4 is 16.0 Å². The molecule has 1 heterocycles. The molecule has 3 fully saturated rings. The number of carbonyl (C=O) groups excluding carboxylic acids is 2. The summed E-state index contributed by atoms with van der Waals surface area (Å²) in [6.45, 7) is 3.66. The van der Waals surface area contributed by atoms with E-state index < -0.39 is 5.54 Å². The van der Waals surface area contributed by atoms with E-state index in [1.165, 1.54) is 64.2 Å². The highest BCUT2D eigenvalue weighted by Gasteiger charge is 2.50. The smallest absolute Gasteiger partial charge is 0.315 e. The molecule has 4 rings (SSSR count). The number of benzene rings is 1. The van der Waals surface area contributed by atoms with Crippen LogP contribution in [-0.4, -0.2) is 34.9 Å². The van der Waals surface area contributed by atoms with Gasteiger partial charge in [0.1, 0.15) is 5.54 Å². The number of urea groups is 1. The second kappa shape index (κ2) is 14.0. The number of nitrogens with one attached hydrogen (secondary N) is 4. The summed E-state index contributed by atoms with van der Waals surface area (Å²) in [5.41, 5.74) is 1.40. The van der Waals surface area contributed by atoms with E-state index in [1.807, 2.05) is 24.3 Å². The normalized spacial score (nSPS) is 22.9. The third kappa shape index (κ3) is 7.73. The Morgan fingerprint density at radius 3 is 2.26 bits per heavy atom. The Labute approximate surface area is 229 Å². The number of carbonyl (C=O) groups is 2. The SMILES string of the molecule is CCCCNC(=O)NCc1ccc(CN2C(=N)NC(CCC3CCCCC3)(CC3CCCCC3)C2=O)cc1. The average molecular weight is 524 g/mol. The highest BCUT2D eigenvalue weighted by Crippen LogP contribution is 2.38. The lowest BCUT2D eigenvalue weighted by Crippen LogP contribution is -2.49. The summed E-state index contributed by atoms with van der Waals surface area (Å²) in [6.07, 6.45) is 17.6. The van der Waals surface area contributed by atoms with E-state index in [9.17, 15) is 9.59 Å². The molecule has 1 aromatic carbocycles. The number of guanidine groups is 1. The van der Waals surface area contributed by atoms with Crippen LogP contribution >= 0.6 is 0 Å². The molecule has 0 bridgehead atoms. The van der Waals surface area contributed by atoms with Gasteiger partial charge in [-0.2, -0.15) is 0 Å². The van der Waals surface area contributed by atoms with Gasteiger partial charge in [-0.15, -0.1) is 0 Å². The van der Waals surface area contributed by atoms with Crippen LogP contribution in [-0.2, 0) is 17.9 Å². The summed E-state index contributed by atoms with van der Waals surface area (Å²) in [6, 6.07) is 7.87. The van der Waals surface area contributed by atoms with Gasteiger partial charge in [0.15, 0.2) is 5.96 Å². The third-order valence-corrected chi connectivity index (χ3v) is 8.98. The summed E-state index contributed by atoms with van der Waals surface area (Å²) < 4.78 is 0. The zero-order chi connectivity index (χ0) is 26.8. The molecule has 1 aromatic rings. The lowest BCUT2D eigenvalue weighted by Gasteiger charge is -2.34. The molecule has 3 aliphatic rings. The van der Waals surface area contributed by atoms with Crippen LogP contribution in [0.4, 0.5) is 4.79 Å². The van der Waals surface area contributed by atoms with Crippen LogP contribution in [0.5, 0.6) is 0 Å². The summed E-state index contributed by atoms with van der Waals surface area (Å²) in [4.78, 5) is 27.6. The quantitative estimate of drug-likeness (QED) is 0.245. The Morgan fingerprint density at radius 2 is 1.61 bits per heavy atom. The molecule has 7 heteroatoms. The fourth-order valence-corrected chi connectivity index (χ4v) is 6.65. The molecule has 7 nitrogen and oxygen atoms in total. The van der Waals surface area contributed by atoms with Crippen molar-refractivity contribution in [2.75, 3.05) is 6.54 Å². The maximum atomic E-state index is 14.0. The standard InChI is InChI=1S/C31H49N5O2/c1-2-3-20-33-30(38)34-22-26-14-16-27(17-15-26)23-36-28(37)31(35-29(36)32,21-25-12-8-5-9-13-25)19-18-24-10-6-4-7-11-24/h14-17,24-25H,2-13,18-23H2,1H3,(H2,32,35)(H2,33,34,38). The highest BCUT2D eigenvalue weighted by atomic mass is 16.2. The van der Waals surface area contributed by atoms with Crippen LogP contribution in [0.3, 0.4) is 0 Å². The number of rotatable bonds is 12. The van der Waals surface area contributed by atoms with Crippen molar-refractivity contribution in [3.05, 3.63) is 35.4 Å². The number of hydrogen-bond acceptors (Lipinski definition) is 3. The first-order valence-electron chi connectivity index (χ1n) is 15.3. The topological polar surface area (TPSA) is 97.3 Å². The maximum Gasteiger partial charge on any atom is 0.315 e. The van der Waals surface area contributed by atoms with Crippen molar-refractivity contribution in [2.24, 2.45) is 11.8 Å². The molecule has 38 heavy (non-hydrogen) atoms. The van der Waals surface area contributed by atoms with E-state index in [1.54, 1.807) is 4.90 Å². The third-order valence-electron chi connectivity index (χ3n) is 8.98. The van der Waals surface area contributed by atoms with E-state index >= 15 is 0 Å². The largest absolute Gasteiger partial charge is 0.342 e. The van der Waals surface area contributed by atoms with E-state index in [0.717, 1.165) is 49.1 Å². The van der Waals surface area contributed by atoms with Gasteiger partial charge in [-0.1, -0.05) is 102 Å². The first-order valence-corrected chi connectivity index (χ1v) is 15.3. The first-order chi connectivity index (χ1) is 18.5. The van der Waals surface area contributed by atoms with Gasteiger partial charge in [-0.3, -0.25) is 15.1 Å². The zero-order valence-electron chi connectivity index (χ0n) is 23.5. The van der Waals surface area contributed by atoms with Gasteiger partial charge in [0.05, 0.1) is 6.54 Å². The number of unbranched alkanes of at least 4 members (excludes halogenated alkanes) is 1. The van der Waals surface area contributed by atoms with Gasteiger partial charge in [0.25, 0.3) is 5.91 Å². The van der Waals surface area contributed by atoms with Crippen molar-refractivity contribution in [3.63, 3.8) is 0 Å². The predicted molar refractivity (Wildman–Crippen MR) is 153 cm³/mol. The van der Waals surface area contributed by atoms with Gasteiger partial charge in [-0.05, 0) is 48.6 Å². The Morgan fingerprint density at radius 1 is 0.974 bits per heavy atom. The van der Waals surface area contributed by atoms with Crippen molar-refractivity contribution in [1.29, 1.82) is 5.41 Å². The molecule has 1 unspecified atom stereocenters. The Kier molecular flexibility index (Phi) is 10.5. The second-order valence-corrected chi connectivity index (χ2v) is 12.0. The number of hydrogen-bond donors (Lipinski definition) is 4. The Balaban J connectivity index is 1.37. The number of amides is 3. The van der Waals surface area contributed by atoms with Gasteiger partial charge < -0.3 is 16.0 Å². The van der Waals surface area contributed by atoms with Gasteiger partial charge >= 0.3 is 6.03 Å². The fourth-order valence-electron chi connectivity index (χ4n) is 6.65. The Bertz CT molecular complexity index is 921. The van der Waals surface area contributed by atoms with Crippen molar-refractivity contribution in [1.82, 2.24) is 20.9 Å². The molecule has 1 aliphatic heterocycles.